The number of Topliss-reactive ketones (excluding diaryl/α,β-unsaturated/α-hetero) is 1. The summed E-state index contributed by atoms with van der Waals surface area (Å²) in [6, 6.07) is 5.70. The SMILES string of the molecule is CCCC(=O)c1cnc2c(c1)N(C(=O)CN1C[C@@H](C)NC[C@@H]1CN1CCN(c3ncc(C(=O)N4CCN(CCCOc5cc6ncnc(Nc7n[nH]c(C)c7C)c6cc5S(=O)(=O)C(C)(C)C)CC4)cn3)C[C@H]1C)CC2(C)C. The number of piperazine rings is 3. The first-order valence-electron chi connectivity index (χ1n) is 27.2. The van der Waals surface area contributed by atoms with Gasteiger partial charge in [-0.1, -0.05) is 20.8 Å². The molecule has 0 bridgehead atoms. The molecule has 0 unspecified atom stereocenters. The topological polar surface area (TPSA) is 231 Å². The van der Waals surface area contributed by atoms with Crippen LogP contribution in [0.1, 0.15) is 112 Å². The summed E-state index contributed by atoms with van der Waals surface area (Å²) < 4.78 is 33.1. The zero-order valence-corrected chi connectivity index (χ0v) is 47.3. The molecule has 21 nitrogen and oxygen atoms in total. The summed E-state index contributed by atoms with van der Waals surface area (Å²) in [6.45, 7) is 28.3. The molecule has 8 heterocycles. The quantitative estimate of drug-likeness (QED) is 0.0805. The summed E-state index contributed by atoms with van der Waals surface area (Å²) in [6.07, 6.45) is 8.23. The Bertz CT molecular complexity index is 3080. The van der Waals surface area contributed by atoms with Crippen LogP contribution in [-0.2, 0) is 20.0 Å². The minimum Gasteiger partial charge on any atom is -0.492 e. The summed E-state index contributed by atoms with van der Waals surface area (Å²) in [5.41, 5.74) is 4.68. The van der Waals surface area contributed by atoms with Crippen molar-refractivity contribution in [2.75, 3.05) is 107 Å². The number of ether oxygens (including phenoxy) is 1. The molecular formula is C55H77N15O6S. The number of aromatic nitrogens is 7. The predicted octanol–water partition coefficient (Wildman–Crippen LogP) is 5.18. The van der Waals surface area contributed by atoms with Crippen molar-refractivity contribution in [3.8, 4) is 5.75 Å². The van der Waals surface area contributed by atoms with Gasteiger partial charge in [-0.3, -0.25) is 39.2 Å². The molecule has 3 saturated heterocycles. The molecule has 3 N–H and O–H groups in total. The Balaban J connectivity index is 0.746. The van der Waals surface area contributed by atoms with E-state index in [1.165, 1.54) is 6.33 Å². The third kappa shape index (κ3) is 12.0. The molecule has 414 valence electrons. The van der Waals surface area contributed by atoms with E-state index in [-0.39, 0.29) is 64.9 Å². The van der Waals surface area contributed by atoms with Crippen LogP contribution in [0.3, 0.4) is 0 Å². The van der Waals surface area contributed by atoms with E-state index in [2.05, 4.69) is 78.1 Å². The van der Waals surface area contributed by atoms with Gasteiger partial charge in [-0.05, 0) is 73.4 Å². The number of aryl methyl sites for hydroxylation is 1. The monoisotopic (exact) mass is 1080 g/mol. The first-order valence-corrected chi connectivity index (χ1v) is 28.7. The normalized spacial score (nSPS) is 20.6. The molecule has 3 atom stereocenters. The highest BCUT2D eigenvalue weighted by atomic mass is 32.2. The van der Waals surface area contributed by atoms with Gasteiger partial charge in [-0.15, -0.1) is 0 Å². The van der Waals surface area contributed by atoms with Crippen LogP contribution >= 0.6 is 0 Å². The van der Waals surface area contributed by atoms with E-state index >= 15 is 0 Å². The first kappa shape index (κ1) is 55.6. The highest BCUT2D eigenvalue weighted by molar-refractivity contribution is 7.92. The second kappa shape index (κ2) is 22.6. The molecule has 0 radical (unpaired) electrons. The number of carbonyl (C=O) groups excluding carboxylic acids is 3. The zero-order valence-electron chi connectivity index (χ0n) is 46.5. The molecule has 0 aliphatic carbocycles. The number of ketones is 1. The minimum atomic E-state index is -3.83. The average Bonchev–Trinajstić information content (AvgIpc) is 3.97. The summed E-state index contributed by atoms with van der Waals surface area (Å²) in [5.74, 6) is 1.86. The van der Waals surface area contributed by atoms with Crippen molar-refractivity contribution in [3.05, 3.63) is 71.2 Å². The third-order valence-corrected chi connectivity index (χ3v) is 18.2. The number of hydrogen-bond acceptors (Lipinski definition) is 18. The van der Waals surface area contributed by atoms with Crippen LogP contribution < -0.4 is 25.2 Å². The molecule has 0 spiro atoms. The van der Waals surface area contributed by atoms with Crippen molar-refractivity contribution in [1.29, 1.82) is 0 Å². The van der Waals surface area contributed by atoms with E-state index < -0.39 is 14.6 Å². The van der Waals surface area contributed by atoms with Crippen molar-refractivity contribution in [2.45, 2.75) is 122 Å². The largest absolute Gasteiger partial charge is 0.492 e. The summed E-state index contributed by atoms with van der Waals surface area (Å²) >= 11 is 0. The molecule has 4 aliphatic heterocycles. The van der Waals surface area contributed by atoms with Gasteiger partial charge >= 0.3 is 0 Å². The van der Waals surface area contributed by atoms with E-state index in [1.54, 1.807) is 51.5 Å². The number of rotatable bonds is 17. The van der Waals surface area contributed by atoms with Gasteiger partial charge in [0.15, 0.2) is 21.4 Å². The number of anilines is 4. The van der Waals surface area contributed by atoms with Crippen LogP contribution in [0.15, 0.2) is 48.0 Å². The Kier molecular flexibility index (Phi) is 16.3. The van der Waals surface area contributed by atoms with Gasteiger partial charge in [0.05, 0.1) is 40.4 Å². The molecule has 0 saturated carbocycles. The molecular weight excluding hydrogens is 999 g/mol. The average molecular weight is 1080 g/mol. The Morgan fingerprint density at radius 1 is 0.883 bits per heavy atom. The van der Waals surface area contributed by atoms with Crippen molar-refractivity contribution in [1.82, 2.24) is 60.0 Å². The number of nitrogens with zero attached hydrogens (tertiary/aromatic N) is 12. The Hall–Kier alpha value is -6.20. The lowest BCUT2D eigenvalue weighted by molar-refractivity contribution is -0.120. The number of aromatic amines is 1. The fraction of sp³-hybridized carbons (Fsp3) is 0.582. The Labute approximate surface area is 452 Å². The molecule has 4 aliphatic rings. The zero-order chi connectivity index (χ0) is 55.0. The smallest absolute Gasteiger partial charge is 0.257 e. The van der Waals surface area contributed by atoms with Gasteiger partial charge < -0.3 is 30.1 Å². The van der Waals surface area contributed by atoms with Crippen LogP contribution in [0.5, 0.6) is 5.75 Å². The number of carbonyl (C=O) groups is 3. The van der Waals surface area contributed by atoms with Gasteiger partial charge in [0.2, 0.25) is 11.9 Å². The van der Waals surface area contributed by atoms with E-state index in [0.29, 0.717) is 91.7 Å². The number of benzene rings is 1. The molecule has 2 amide bonds. The van der Waals surface area contributed by atoms with E-state index in [9.17, 15) is 22.8 Å². The summed E-state index contributed by atoms with van der Waals surface area (Å²) in [5, 5.41) is 14.7. The fourth-order valence-corrected chi connectivity index (χ4v) is 12.1. The van der Waals surface area contributed by atoms with E-state index in [1.807, 2.05) is 36.6 Å². The maximum atomic E-state index is 14.2. The fourth-order valence-electron chi connectivity index (χ4n) is 10.8. The highest BCUT2D eigenvalue weighted by Crippen LogP contribution is 2.40. The number of fused-ring (bicyclic) bond motifs is 2. The highest BCUT2D eigenvalue weighted by Gasteiger charge is 2.42. The number of H-pyrrole nitrogens is 1. The Morgan fingerprint density at radius 3 is 2.31 bits per heavy atom. The predicted molar refractivity (Wildman–Crippen MR) is 297 cm³/mol. The number of nitrogens with one attached hydrogen (secondary N) is 3. The molecule has 4 aromatic heterocycles. The number of sulfone groups is 1. The second-order valence-corrected chi connectivity index (χ2v) is 25.7. The van der Waals surface area contributed by atoms with Gasteiger partial charge in [0, 0.05) is 155 Å². The Morgan fingerprint density at radius 2 is 1.62 bits per heavy atom. The lowest BCUT2D eigenvalue weighted by Gasteiger charge is -2.45. The minimum absolute atomic E-state index is 0.0269. The van der Waals surface area contributed by atoms with Gasteiger partial charge in [0.1, 0.15) is 22.8 Å². The second-order valence-electron chi connectivity index (χ2n) is 23.0. The molecule has 9 rings (SSSR count). The molecule has 77 heavy (non-hydrogen) atoms. The molecule has 22 heteroatoms. The van der Waals surface area contributed by atoms with Crippen molar-refractivity contribution >= 4 is 61.6 Å². The number of amides is 2. The maximum Gasteiger partial charge on any atom is 0.257 e. The number of hydrogen-bond donors (Lipinski definition) is 3. The van der Waals surface area contributed by atoms with Gasteiger partial charge in [-0.25, -0.2) is 28.4 Å². The molecule has 5 aromatic rings. The van der Waals surface area contributed by atoms with Crippen LogP contribution in [0.25, 0.3) is 10.9 Å². The number of pyridine rings is 1. The standard InChI is InChI=1S/C55H77N15O6S/c1-11-13-45(71)39-22-44-49(57-25-39)55(9,10)33-70(44)48(72)32-69-29-35(2)56-28-41(69)31-67-19-20-68(30-36(67)3)53-58-26-40(27-59-53)52(73)66-17-15-65(16-18-66)14-12-21-76-46-24-43-42(23-47(46)77(74,75)54(6,7)8)51(61-34-60-43)62-50-37(4)38(5)63-64-50/h22-27,34-36,41,56H,11-21,28-33H2,1-10H3,(H2,60,61,62,63,64)/t35-,36-,41-/m1/s1. The van der Waals surface area contributed by atoms with Gasteiger partial charge in [0.25, 0.3) is 5.91 Å². The lowest BCUT2D eigenvalue weighted by Crippen LogP contribution is -2.63. The van der Waals surface area contributed by atoms with Crippen LogP contribution in [0, 0.1) is 13.8 Å². The third-order valence-electron chi connectivity index (χ3n) is 15.7. The molecule has 3 fully saturated rings. The van der Waals surface area contributed by atoms with E-state index in [4.69, 9.17) is 19.7 Å². The summed E-state index contributed by atoms with van der Waals surface area (Å²) in [4.78, 5) is 76.8. The van der Waals surface area contributed by atoms with Crippen molar-refractivity contribution < 1.29 is 27.5 Å². The maximum absolute atomic E-state index is 14.2. The summed E-state index contributed by atoms with van der Waals surface area (Å²) in [7, 11) is -3.83. The van der Waals surface area contributed by atoms with Gasteiger partial charge in [-0.2, -0.15) is 5.10 Å². The first-order chi connectivity index (χ1) is 36.6. The van der Waals surface area contributed by atoms with Crippen molar-refractivity contribution in [3.63, 3.8) is 0 Å². The lowest BCUT2D eigenvalue weighted by atomic mass is 9.91. The van der Waals surface area contributed by atoms with Crippen molar-refractivity contribution in [2.24, 2.45) is 0 Å². The van der Waals surface area contributed by atoms with Crippen LogP contribution in [0.4, 0.5) is 23.3 Å². The van der Waals surface area contributed by atoms with E-state index in [0.717, 1.165) is 68.3 Å². The van der Waals surface area contributed by atoms with Crippen LogP contribution in [-0.4, -0.2) is 195 Å². The molecule has 1 aromatic carbocycles. The van der Waals surface area contributed by atoms with Crippen LogP contribution in [0.2, 0.25) is 0 Å².